The van der Waals surface area contributed by atoms with E-state index in [-0.39, 0.29) is 12.6 Å². The molecule has 0 aliphatic carbocycles. The number of carboxylic acid groups (broad SMARTS) is 1. The van der Waals surface area contributed by atoms with Crippen LogP contribution in [-0.2, 0) is 13.1 Å². The molecule has 0 unspecified atom stereocenters. The number of rotatable bonds is 6. The molecular formula is C21H23N5O3. The summed E-state index contributed by atoms with van der Waals surface area (Å²) in [6.45, 7) is 2.91. The van der Waals surface area contributed by atoms with E-state index in [1.165, 1.54) is 0 Å². The predicted octanol–water partition coefficient (Wildman–Crippen LogP) is 3.27. The standard InChI is InChI=1S/C21H23N5O3/c1-2-23-20(27)26-19-9-17-16(14-5-3-4-13(8-14)10-22)7-6-15(11-25-21(28)29)18(17)12-24-19/h3-9,12,25H,2,10-11,22H2,1H3,(H,28,29)(H2,23,24,26,27). The first-order valence-corrected chi connectivity index (χ1v) is 9.24. The molecule has 0 atom stereocenters. The van der Waals surface area contributed by atoms with Crippen LogP contribution in [0.4, 0.5) is 15.4 Å². The number of pyridine rings is 1. The normalized spacial score (nSPS) is 10.6. The highest BCUT2D eigenvalue weighted by atomic mass is 16.4. The minimum absolute atomic E-state index is 0.153. The van der Waals surface area contributed by atoms with Crippen LogP contribution in [0.5, 0.6) is 0 Å². The summed E-state index contributed by atoms with van der Waals surface area (Å²) in [5.74, 6) is 0.406. The minimum atomic E-state index is -1.10. The lowest BCUT2D eigenvalue weighted by atomic mass is 9.95. The molecule has 8 heteroatoms. The smallest absolute Gasteiger partial charge is 0.404 e. The zero-order chi connectivity index (χ0) is 20.8. The van der Waals surface area contributed by atoms with Crippen molar-refractivity contribution < 1.29 is 14.7 Å². The van der Waals surface area contributed by atoms with E-state index in [1.54, 1.807) is 12.3 Å². The molecule has 0 saturated heterocycles. The molecule has 3 rings (SSSR count). The molecule has 3 amide bonds. The van der Waals surface area contributed by atoms with Gasteiger partial charge in [0, 0.05) is 31.2 Å². The number of hydrogen-bond donors (Lipinski definition) is 5. The quantitative estimate of drug-likeness (QED) is 0.439. The number of nitrogens with two attached hydrogens (primary N) is 1. The van der Waals surface area contributed by atoms with Crippen LogP contribution in [-0.4, -0.2) is 28.8 Å². The zero-order valence-electron chi connectivity index (χ0n) is 16.0. The molecule has 3 aromatic rings. The average molecular weight is 393 g/mol. The number of benzene rings is 2. The van der Waals surface area contributed by atoms with Crippen LogP contribution < -0.4 is 21.7 Å². The van der Waals surface area contributed by atoms with E-state index in [1.807, 2.05) is 43.3 Å². The number of urea groups is 1. The Balaban J connectivity index is 2.12. The molecule has 29 heavy (non-hydrogen) atoms. The Morgan fingerprint density at radius 2 is 1.93 bits per heavy atom. The highest BCUT2D eigenvalue weighted by molar-refractivity contribution is 6.01. The van der Waals surface area contributed by atoms with Crippen molar-refractivity contribution in [2.45, 2.75) is 20.0 Å². The van der Waals surface area contributed by atoms with E-state index < -0.39 is 6.09 Å². The van der Waals surface area contributed by atoms with Crippen molar-refractivity contribution in [3.63, 3.8) is 0 Å². The van der Waals surface area contributed by atoms with Crippen molar-refractivity contribution in [1.29, 1.82) is 0 Å². The van der Waals surface area contributed by atoms with Gasteiger partial charge in [-0.2, -0.15) is 0 Å². The molecule has 0 fully saturated rings. The number of anilines is 1. The summed E-state index contributed by atoms with van der Waals surface area (Å²) in [6.07, 6.45) is 0.548. The summed E-state index contributed by atoms with van der Waals surface area (Å²) >= 11 is 0. The molecular weight excluding hydrogens is 370 g/mol. The molecule has 0 aliphatic heterocycles. The Hall–Kier alpha value is -3.65. The number of carbonyl (C=O) groups excluding carboxylic acids is 1. The van der Waals surface area contributed by atoms with Gasteiger partial charge in [-0.15, -0.1) is 0 Å². The van der Waals surface area contributed by atoms with E-state index in [2.05, 4.69) is 20.9 Å². The Morgan fingerprint density at radius 3 is 2.66 bits per heavy atom. The Bertz CT molecular complexity index is 1050. The molecule has 0 radical (unpaired) electrons. The maximum atomic E-state index is 11.9. The maximum Gasteiger partial charge on any atom is 0.404 e. The average Bonchev–Trinajstić information content (AvgIpc) is 2.72. The molecule has 1 aromatic heterocycles. The van der Waals surface area contributed by atoms with Gasteiger partial charge in [0.25, 0.3) is 0 Å². The van der Waals surface area contributed by atoms with Gasteiger partial charge >= 0.3 is 12.1 Å². The van der Waals surface area contributed by atoms with Crippen molar-refractivity contribution in [3.8, 4) is 11.1 Å². The highest BCUT2D eigenvalue weighted by Crippen LogP contribution is 2.32. The van der Waals surface area contributed by atoms with Crippen LogP contribution in [0.25, 0.3) is 21.9 Å². The number of carbonyl (C=O) groups is 2. The van der Waals surface area contributed by atoms with Gasteiger partial charge in [-0.3, -0.25) is 5.32 Å². The number of nitrogens with zero attached hydrogens (tertiary/aromatic N) is 1. The Labute approximate surface area is 168 Å². The molecule has 150 valence electrons. The first-order valence-electron chi connectivity index (χ1n) is 9.24. The third kappa shape index (κ3) is 4.80. The van der Waals surface area contributed by atoms with Gasteiger partial charge in [-0.1, -0.05) is 30.3 Å². The molecule has 0 spiro atoms. The molecule has 8 nitrogen and oxygen atoms in total. The Morgan fingerprint density at radius 1 is 1.10 bits per heavy atom. The van der Waals surface area contributed by atoms with Gasteiger partial charge in [-0.25, -0.2) is 14.6 Å². The number of nitrogens with one attached hydrogen (secondary N) is 3. The first kappa shape index (κ1) is 20.1. The van der Waals surface area contributed by atoms with Gasteiger partial charge in [-0.05, 0) is 46.7 Å². The van der Waals surface area contributed by atoms with E-state index >= 15 is 0 Å². The Kier molecular flexibility index (Phi) is 6.25. The van der Waals surface area contributed by atoms with Crippen LogP contribution in [0.3, 0.4) is 0 Å². The van der Waals surface area contributed by atoms with Crippen LogP contribution >= 0.6 is 0 Å². The molecule has 6 N–H and O–H groups in total. The fourth-order valence-electron chi connectivity index (χ4n) is 3.13. The number of amides is 3. The largest absolute Gasteiger partial charge is 0.465 e. The first-order chi connectivity index (χ1) is 14.0. The van der Waals surface area contributed by atoms with Crippen molar-refractivity contribution in [1.82, 2.24) is 15.6 Å². The predicted molar refractivity (Wildman–Crippen MR) is 113 cm³/mol. The topological polar surface area (TPSA) is 129 Å². The minimum Gasteiger partial charge on any atom is -0.465 e. The second-order valence-electron chi connectivity index (χ2n) is 6.44. The van der Waals surface area contributed by atoms with Crippen LogP contribution in [0, 0.1) is 0 Å². The van der Waals surface area contributed by atoms with Gasteiger partial charge in [0.2, 0.25) is 0 Å². The third-order valence-corrected chi connectivity index (χ3v) is 4.47. The van der Waals surface area contributed by atoms with Gasteiger partial charge in [0.1, 0.15) is 5.82 Å². The summed E-state index contributed by atoms with van der Waals surface area (Å²) in [5, 5.41) is 18.4. The zero-order valence-corrected chi connectivity index (χ0v) is 16.0. The van der Waals surface area contributed by atoms with Crippen molar-refractivity contribution in [3.05, 3.63) is 59.8 Å². The number of aromatic nitrogens is 1. The molecule has 2 aromatic carbocycles. The lowest BCUT2D eigenvalue weighted by molar-refractivity contribution is 0.194. The fraction of sp³-hybridized carbons (Fsp3) is 0.190. The van der Waals surface area contributed by atoms with E-state index in [0.29, 0.717) is 18.9 Å². The second-order valence-corrected chi connectivity index (χ2v) is 6.44. The van der Waals surface area contributed by atoms with Gasteiger partial charge < -0.3 is 21.5 Å². The van der Waals surface area contributed by atoms with Gasteiger partial charge in [0.15, 0.2) is 0 Å². The van der Waals surface area contributed by atoms with Crippen molar-refractivity contribution in [2.75, 3.05) is 11.9 Å². The highest BCUT2D eigenvalue weighted by Gasteiger charge is 2.12. The lowest BCUT2D eigenvalue weighted by Gasteiger charge is -2.14. The van der Waals surface area contributed by atoms with E-state index in [0.717, 1.165) is 33.0 Å². The lowest BCUT2D eigenvalue weighted by Crippen LogP contribution is -2.28. The SMILES string of the molecule is CCNC(=O)Nc1cc2c(-c3cccc(CN)c3)ccc(CNC(=O)O)c2cn1. The molecule has 1 heterocycles. The van der Waals surface area contributed by atoms with Crippen LogP contribution in [0.1, 0.15) is 18.1 Å². The second kappa shape index (κ2) is 9.03. The number of hydrogen-bond acceptors (Lipinski definition) is 4. The van der Waals surface area contributed by atoms with E-state index in [9.17, 15) is 9.59 Å². The van der Waals surface area contributed by atoms with Crippen molar-refractivity contribution in [2.24, 2.45) is 5.73 Å². The molecule has 0 aliphatic rings. The molecule has 0 saturated carbocycles. The van der Waals surface area contributed by atoms with Crippen LogP contribution in [0.15, 0.2) is 48.7 Å². The summed E-state index contributed by atoms with van der Waals surface area (Å²) in [4.78, 5) is 27.1. The third-order valence-electron chi connectivity index (χ3n) is 4.47. The van der Waals surface area contributed by atoms with Crippen molar-refractivity contribution >= 4 is 28.7 Å². The van der Waals surface area contributed by atoms with Crippen LogP contribution in [0.2, 0.25) is 0 Å². The summed E-state index contributed by atoms with van der Waals surface area (Å²) < 4.78 is 0. The van der Waals surface area contributed by atoms with E-state index in [4.69, 9.17) is 10.8 Å². The fourth-order valence-corrected chi connectivity index (χ4v) is 3.13. The summed E-state index contributed by atoms with van der Waals surface area (Å²) in [5.41, 5.74) is 9.49. The monoisotopic (exact) mass is 393 g/mol. The summed E-state index contributed by atoms with van der Waals surface area (Å²) in [7, 11) is 0. The molecule has 0 bridgehead atoms. The number of fused-ring (bicyclic) bond motifs is 1. The maximum absolute atomic E-state index is 11.9. The van der Waals surface area contributed by atoms with Gasteiger partial charge in [0.05, 0.1) is 0 Å². The summed E-state index contributed by atoms with van der Waals surface area (Å²) in [6, 6.07) is 13.2.